The van der Waals surface area contributed by atoms with Crippen LogP contribution in [0.25, 0.3) is 11.2 Å². The zero-order valence-corrected chi connectivity index (χ0v) is 13.0. The lowest BCUT2D eigenvalue weighted by Gasteiger charge is -2.14. The molecular weight excluding hydrogens is 306 g/mol. The Bertz CT molecular complexity index is 848. The molecule has 122 valence electrons. The van der Waals surface area contributed by atoms with Crippen LogP contribution in [0.2, 0.25) is 0 Å². The van der Waals surface area contributed by atoms with Crippen LogP contribution in [0.1, 0.15) is 35.0 Å². The van der Waals surface area contributed by atoms with Gasteiger partial charge in [-0.1, -0.05) is 30.3 Å². The van der Waals surface area contributed by atoms with E-state index in [2.05, 4.69) is 37.8 Å². The Morgan fingerprint density at radius 1 is 1.17 bits per heavy atom. The number of amides is 1. The average molecular weight is 323 g/mol. The van der Waals surface area contributed by atoms with Crippen molar-refractivity contribution in [3.8, 4) is 0 Å². The summed E-state index contributed by atoms with van der Waals surface area (Å²) in [6, 6.07) is 13.5. The molecule has 1 aromatic carbocycles. The minimum Gasteiger partial charge on any atom is -0.368 e. The molecule has 0 spiro atoms. The molecular formula is C17H17N5O2. The highest BCUT2D eigenvalue weighted by Crippen LogP contribution is 2.32. The SMILES string of the molecule is O=C(NC[C@H]1CC[C@@H](c2ccccc2)O1)c1ccc2n[nH]nc2n1. The van der Waals surface area contributed by atoms with Gasteiger partial charge in [0, 0.05) is 6.54 Å². The number of rotatable bonds is 4. The summed E-state index contributed by atoms with van der Waals surface area (Å²) in [5.74, 6) is -0.230. The number of aromatic nitrogens is 4. The van der Waals surface area contributed by atoms with Crippen LogP contribution in [-0.4, -0.2) is 39.0 Å². The molecule has 1 saturated heterocycles. The van der Waals surface area contributed by atoms with E-state index < -0.39 is 0 Å². The van der Waals surface area contributed by atoms with Crippen molar-refractivity contribution in [2.45, 2.75) is 25.0 Å². The van der Waals surface area contributed by atoms with E-state index in [0.29, 0.717) is 23.4 Å². The first kappa shape index (κ1) is 14.8. The van der Waals surface area contributed by atoms with Crippen molar-refractivity contribution in [2.75, 3.05) is 6.54 Å². The van der Waals surface area contributed by atoms with Gasteiger partial charge in [-0.05, 0) is 30.5 Å². The van der Waals surface area contributed by atoms with Gasteiger partial charge in [-0.3, -0.25) is 4.79 Å². The van der Waals surface area contributed by atoms with Gasteiger partial charge in [0.2, 0.25) is 5.65 Å². The van der Waals surface area contributed by atoms with Gasteiger partial charge in [0.05, 0.1) is 12.2 Å². The minimum atomic E-state index is -0.230. The summed E-state index contributed by atoms with van der Waals surface area (Å²) in [6.45, 7) is 0.473. The van der Waals surface area contributed by atoms with Crippen LogP contribution in [0, 0.1) is 0 Å². The molecule has 4 rings (SSSR count). The zero-order chi connectivity index (χ0) is 16.4. The molecule has 2 aromatic heterocycles. The van der Waals surface area contributed by atoms with Crippen molar-refractivity contribution in [1.82, 2.24) is 25.7 Å². The number of hydrogen-bond donors (Lipinski definition) is 2. The van der Waals surface area contributed by atoms with E-state index in [1.807, 2.05) is 18.2 Å². The van der Waals surface area contributed by atoms with Crippen LogP contribution in [0.15, 0.2) is 42.5 Å². The Hall–Kier alpha value is -2.80. The number of aromatic amines is 1. The summed E-state index contributed by atoms with van der Waals surface area (Å²) < 4.78 is 6.03. The number of nitrogens with one attached hydrogen (secondary N) is 2. The second-order valence-corrected chi connectivity index (χ2v) is 5.81. The lowest BCUT2D eigenvalue weighted by molar-refractivity contribution is 0.0435. The molecule has 24 heavy (non-hydrogen) atoms. The highest BCUT2D eigenvalue weighted by Gasteiger charge is 2.26. The van der Waals surface area contributed by atoms with E-state index in [4.69, 9.17) is 4.74 Å². The van der Waals surface area contributed by atoms with E-state index in [-0.39, 0.29) is 18.1 Å². The third kappa shape index (κ3) is 2.98. The van der Waals surface area contributed by atoms with Crippen molar-refractivity contribution in [3.63, 3.8) is 0 Å². The highest BCUT2D eigenvalue weighted by atomic mass is 16.5. The Balaban J connectivity index is 1.34. The van der Waals surface area contributed by atoms with Gasteiger partial charge in [0.25, 0.3) is 5.91 Å². The van der Waals surface area contributed by atoms with Gasteiger partial charge in [-0.15, -0.1) is 5.10 Å². The Labute approximate surface area is 138 Å². The fourth-order valence-electron chi connectivity index (χ4n) is 2.93. The van der Waals surface area contributed by atoms with Crippen LogP contribution in [0.4, 0.5) is 0 Å². The molecule has 1 fully saturated rings. The number of benzene rings is 1. The van der Waals surface area contributed by atoms with Gasteiger partial charge in [0.15, 0.2) is 0 Å². The summed E-state index contributed by atoms with van der Waals surface area (Å²) >= 11 is 0. The van der Waals surface area contributed by atoms with Crippen LogP contribution in [0.5, 0.6) is 0 Å². The maximum atomic E-state index is 12.2. The van der Waals surface area contributed by atoms with Crippen LogP contribution in [-0.2, 0) is 4.74 Å². The molecule has 0 aliphatic carbocycles. The molecule has 0 unspecified atom stereocenters. The fraction of sp³-hybridized carbons (Fsp3) is 0.294. The van der Waals surface area contributed by atoms with Crippen molar-refractivity contribution < 1.29 is 9.53 Å². The molecule has 2 atom stereocenters. The molecule has 1 aliphatic rings. The Morgan fingerprint density at radius 3 is 2.92 bits per heavy atom. The second-order valence-electron chi connectivity index (χ2n) is 5.81. The van der Waals surface area contributed by atoms with Crippen LogP contribution >= 0.6 is 0 Å². The van der Waals surface area contributed by atoms with Gasteiger partial charge in [0.1, 0.15) is 11.2 Å². The zero-order valence-electron chi connectivity index (χ0n) is 13.0. The van der Waals surface area contributed by atoms with E-state index in [1.165, 1.54) is 5.56 Å². The molecule has 7 heteroatoms. The van der Waals surface area contributed by atoms with Gasteiger partial charge in [-0.2, -0.15) is 10.3 Å². The number of carbonyl (C=O) groups excluding carboxylic acids is 1. The molecule has 3 aromatic rings. The number of fused-ring (bicyclic) bond motifs is 1. The normalized spacial score (nSPS) is 20.3. The van der Waals surface area contributed by atoms with E-state index in [9.17, 15) is 4.79 Å². The van der Waals surface area contributed by atoms with Gasteiger partial charge in [-0.25, -0.2) is 4.98 Å². The summed E-state index contributed by atoms with van der Waals surface area (Å²) in [7, 11) is 0. The topological polar surface area (TPSA) is 92.8 Å². The predicted octanol–water partition coefficient (Wildman–Crippen LogP) is 2.00. The smallest absolute Gasteiger partial charge is 0.270 e. The molecule has 0 radical (unpaired) electrons. The maximum absolute atomic E-state index is 12.2. The Kier molecular flexibility index (Phi) is 3.92. The first-order valence-electron chi connectivity index (χ1n) is 7.96. The number of ether oxygens (including phenoxy) is 1. The summed E-state index contributed by atoms with van der Waals surface area (Å²) in [4.78, 5) is 16.4. The van der Waals surface area contributed by atoms with Crippen molar-refractivity contribution >= 4 is 17.1 Å². The molecule has 3 heterocycles. The number of pyridine rings is 1. The fourth-order valence-corrected chi connectivity index (χ4v) is 2.93. The van der Waals surface area contributed by atoms with E-state index in [1.54, 1.807) is 12.1 Å². The van der Waals surface area contributed by atoms with Gasteiger partial charge < -0.3 is 10.1 Å². The van der Waals surface area contributed by atoms with Gasteiger partial charge >= 0.3 is 0 Å². The van der Waals surface area contributed by atoms with Crippen molar-refractivity contribution in [2.24, 2.45) is 0 Å². The molecule has 7 nitrogen and oxygen atoms in total. The van der Waals surface area contributed by atoms with Crippen molar-refractivity contribution in [1.29, 1.82) is 0 Å². The summed E-state index contributed by atoms with van der Waals surface area (Å²) in [5.41, 5.74) is 2.58. The molecule has 1 aliphatic heterocycles. The monoisotopic (exact) mass is 323 g/mol. The van der Waals surface area contributed by atoms with E-state index in [0.717, 1.165) is 12.8 Å². The molecule has 1 amide bonds. The number of H-pyrrole nitrogens is 1. The van der Waals surface area contributed by atoms with E-state index >= 15 is 0 Å². The Morgan fingerprint density at radius 2 is 2.04 bits per heavy atom. The summed E-state index contributed by atoms with van der Waals surface area (Å²) in [6.07, 6.45) is 2.02. The second kappa shape index (κ2) is 6.37. The van der Waals surface area contributed by atoms with Crippen LogP contribution < -0.4 is 5.32 Å². The highest BCUT2D eigenvalue weighted by molar-refractivity contribution is 5.93. The summed E-state index contributed by atoms with van der Waals surface area (Å²) in [5, 5.41) is 13.2. The average Bonchev–Trinajstić information content (AvgIpc) is 3.29. The number of nitrogens with zero attached hydrogens (tertiary/aromatic N) is 3. The number of hydrogen-bond acceptors (Lipinski definition) is 5. The quantitative estimate of drug-likeness (QED) is 0.766. The van der Waals surface area contributed by atoms with Crippen molar-refractivity contribution in [3.05, 3.63) is 53.7 Å². The lowest BCUT2D eigenvalue weighted by Crippen LogP contribution is -2.32. The molecule has 0 saturated carbocycles. The first-order chi connectivity index (χ1) is 11.8. The first-order valence-corrected chi connectivity index (χ1v) is 7.96. The standard InChI is InChI=1S/C17H17N5O2/c23-17(14-8-7-13-16(19-14)21-22-20-13)18-10-12-6-9-15(24-12)11-4-2-1-3-5-11/h1-5,7-8,12,15H,6,9-10H2,(H,18,23)(H,19,20,21,22)/t12-,15+/m1/s1. The maximum Gasteiger partial charge on any atom is 0.270 e. The largest absolute Gasteiger partial charge is 0.368 e. The molecule has 2 N–H and O–H groups in total. The minimum absolute atomic E-state index is 0.0231. The molecule has 0 bridgehead atoms. The predicted molar refractivity (Wildman–Crippen MR) is 87.3 cm³/mol. The third-order valence-corrected chi connectivity index (χ3v) is 4.18. The lowest BCUT2D eigenvalue weighted by atomic mass is 10.1. The van der Waals surface area contributed by atoms with Crippen LogP contribution in [0.3, 0.4) is 0 Å². The third-order valence-electron chi connectivity index (χ3n) is 4.18. The number of carbonyl (C=O) groups is 1.